The van der Waals surface area contributed by atoms with Gasteiger partial charge in [-0.1, -0.05) is 18.0 Å². The van der Waals surface area contributed by atoms with Crippen molar-refractivity contribution in [3.05, 3.63) is 18.0 Å². The normalized spacial score (nSPS) is 19.5. The molecule has 130 valence electrons. The maximum Gasteiger partial charge on any atom is 0.194 e. The fourth-order valence-corrected chi connectivity index (χ4v) is 2.85. The maximum atomic E-state index is 4.90. The molecule has 6 nitrogen and oxygen atoms in total. The second-order valence-electron chi connectivity index (χ2n) is 6.22. The molecule has 0 unspecified atom stereocenters. The van der Waals surface area contributed by atoms with Gasteiger partial charge in [0.15, 0.2) is 5.96 Å². The highest BCUT2D eigenvalue weighted by atomic mass is 127. The van der Waals surface area contributed by atoms with E-state index in [1.807, 2.05) is 6.07 Å². The van der Waals surface area contributed by atoms with Crippen molar-refractivity contribution in [1.29, 1.82) is 0 Å². The lowest BCUT2D eigenvalue weighted by molar-refractivity contribution is 0.169. The fraction of sp³-hybridized carbons (Fsp3) is 0.750. The van der Waals surface area contributed by atoms with Crippen LogP contribution in [0.3, 0.4) is 0 Å². The molecule has 1 aromatic heterocycles. The van der Waals surface area contributed by atoms with Crippen molar-refractivity contribution < 1.29 is 4.52 Å². The van der Waals surface area contributed by atoms with Gasteiger partial charge in [0, 0.05) is 51.9 Å². The standard InChI is InChI=1S/C16H27N5O.HI/c1-2-17-16(18-7-5-14-3-4-14)21-10-8-20(9-11-21)13-15-6-12-22-19-15;/h6,12,14H,2-5,7-11,13H2,1H3,(H,17,18);1H. The topological polar surface area (TPSA) is 56.9 Å². The smallest absolute Gasteiger partial charge is 0.194 e. The van der Waals surface area contributed by atoms with Crippen molar-refractivity contribution >= 4 is 29.9 Å². The number of hydrogen-bond acceptors (Lipinski definition) is 4. The first-order valence-corrected chi connectivity index (χ1v) is 8.50. The van der Waals surface area contributed by atoms with Crippen molar-refractivity contribution in [3.63, 3.8) is 0 Å². The van der Waals surface area contributed by atoms with Crippen LogP contribution in [0.1, 0.15) is 31.9 Å². The highest BCUT2D eigenvalue weighted by molar-refractivity contribution is 14.0. The predicted octanol–water partition coefficient (Wildman–Crippen LogP) is 2.18. The second kappa shape index (κ2) is 9.46. The molecule has 1 saturated carbocycles. The Morgan fingerprint density at radius 2 is 2.13 bits per heavy atom. The van der Waals surface area contributed by atoms with Crippen molar-refractivity contribution in [1.82, 2.24) is 20.3 Å². The Morgan fingerprint density at radius 1 is 1.35 bits per heavy atom. The van der Waals surface area contributed by atoms with Gasteiger partial charge in [0.25, 0.3) is 0 Å². The third-order valence-corrected chi connectivity index (χ3v) is 4.38. The fourth-order valence-electron chi connectivity index (χ4n) is 2.85. The van der Waals surface area contributed by atoms with E-state index in [-0.39, 0.29) is 24.0 Å². The quantitative estimate of drug-likeness (QED) is 0.424. The molecule has 1 aromatic rings. The van der Waals surface area contributed by atoms with E-state index in [1.54, 1.807) is 6.26 Å². The Labute approximate surface area is 155 Å². The number of hydrogen-bond donors (Lipinski definition) is 1. The van der Waals surface area contributed by atoms with Crippen molar-refractivity contribution in [2.24, 2.45) is 10.9 Å². The van der Waals surface area contributed by atoms with Crippen LogP contribution >= 0.6 is 24.0 Å². The summed E-state index contributed by atoms with van der Waals surface area (Å²) in [5.41, 5.74) is 1.01. The summed E-state index contributed by atoms with van der Waals surface area (Å²) in [7, 11) is 0. The van der Waals surface area contributed by atoms with Gasteiger partial charge in [-0.15, -0.1) is 24.0 Å². The van der Waals surface area contributed by atoms with Gasteiger partial charge in [0.1, 0.15) is 6.26 Å². The molecule has 2 fully saturated rings. The molecule has 7 heteroatoms. The molecule has 1 saturated heterocycles. The zero-order valence-corrected chi connectivity index (χ0v) is 16.2. The van der Waals surface area contributed by atoms with E-state index in [9.17, 15) is 0 Å². The maximum absolute atomic E-state index is 4.90. The van der Waals surface area contributed by atoms with Crippen LogP contribution in [0.5, 0.6) is 0 Å². The average Bonchev–Trinajstić information content (AvgIpc) is 3.22. The van der Waals surface area contributed by atoms with E-state index in [1.165, 1.54) is 19.3 Å². The summed E-state index contributed by atoms with van der Waals surface area (Å²) in [4.78, 5) is 9.61. The molecule has 0 spiro atoms. The van der Waals surface area contributed by atoms with Crippen molar-refractivity contribution in [2.45, 2.75) is 32.7 Å². The van der Waals surface area contributed by atoms with Gasteiger partial charge in [-0.05, 0) is 19.3 Å². The second-order valence-corrected chi connectivity index (χ2v) is 6.22. The molecular weight excluding hydrogens is 405 g/mol. The minimum Gasteiger partial charge on any atom is -0.364 e. The summed E-state index contributed by atoms with van der Waals surface area (Å²) < 4.78 is 4.90. The molecule has 0 radical (unpaired) electrons. The molecule has 1 aliphatic carbocycles. The molecule has 2 aliphatic rings. The lowest BCUT2D eigenvalue weighted by Crippen LogP contribution is -2.52. The van der Waals surface area contributed by atoms with Gasteiger partial charge in [-0.25, -0.2) is 0 Å². The van der Waals surface area contributed by atoms with Crippen LogP contribution in [0.4, 0.5) is 0 Å². The molecule has 1 aliphatic heterocycles. The minimum atomic E-state index is 0. The van der Waals surface area contributed by atoms with Crippen LogP contribution in [0.2, 0.25) is 0 Å². The lowest BCUT2D eigenvalue weighted by Gasteiger charge is -2.36. The number of aliphatic imine (C=N–C) groups is 1. The summed E-state index contributed by atoms with van der Waals surface area (Å²) in [6.07, 6.45) is 5.71. The number of halogens is 1. The van der Waals surface area contributed by atoms with Crippen LogP contribution in [0.15, 0.2) is 21.8 Å². The number of aromatic nitrogens is 1. The monoisotopic (exact) mass is 433 g/mol. The number of piperazine rings is 1. The summed E-state index contributed by atoms with van der Waals surface area (Å²) in [6, 6.07) is 1.94. The molecule has 2 heterocycles. The van der Waals surface area contributed by atoms with Gasteiger partial charge in [-0.3, -0.25) is 9.89 Å². The third kappa shape index (κ3) is 5.95. The molecular formula is C16H28IN5O. The van der Waals surface area contributed by atoms with E-state index in [0.717, 1.165) is 63.4 Å². The van der Waals surface area contributed by atoms with Crippen molar-refractivity contribution in [2.75, 3.05) is 39.3 Å². The highest BCUT2D eigenvalue weighted by Crippen LogP contribution is 2.32. The number of guanidine groups is 1. The van der Waals surface area contributed by atoms with Gasteiger partial charge < -0.3 is 14.7 Å². The highest BCUT2D eigenvalue weighted by Gasteiger charge is 2.22. The Hall–Kier alpha value is -0.830. The molecule has 0 bridgehead atoms. The number of nitrogens with one attached hydrogen (secondary N) is 1. The average molecular weight is 433 g/mol. The van der Waals surface area contributed by atoms with Crippen LogP contribution in [-0.4, -0.2) is 60.2 Å². The zero-order chi connectivity index (χ0) is 15.2. The van der Waals surface area contributed by atoms with Crippen LogP contribution in [0, 0.1) is 5.92 Å². The largest absolute Gasteiger partial charge is 0.364 e. The molecule has 1 N–H and O–H groups in total. The van der Waals surface area contributed by atoms with E-state index in [0.29, 0.717) is 0 Å². The number of nitrogens with zero attached hydrogens (tertiary/aromatic N) is 4. The van der Waals surface area contributed by atoms with E-state index in [4.69, 9.17) is 9.52 Å². The Kier molecular flexibility index (Phi) is 7.61. The molecule has 0 atom stereocenters. The minimum absolute atomic E-state index is 0. The first-order valence-electron chi connectivity index (χ1n) is 8.50. The van der Waals surface area contributed by atoms with Gasteiger partial charge in [-0.2, -0.15) is 0 Å². The van der Waals surface area contributed by atoms with Gasteiger partial charge in [0.05, 0.1) is 5.69 Å². The summed E-state index contributed by atoms with van der Waals surface area (Å²) >= 11 is 0. The Bertz CT molecular complexity index is 467. The molecule has 3 rings (SSSR count). The summed E-state index contributed by atoms with van der Waals surface area (Å²) in [6.45, 7) is 9.03. The van der Waals surface area contributed by atoms with Crippen molar-refractivity contribution in [3.8, 4) is 0 Å². The van der Waals surface area contributed by atoms with E-state index < -0.39 is 0 Å². The number of rotatable bonds is 6. The lowest BCUT2D eigenvalue weighted by atomic mass is 10.3. The van der Waals surface area contributed by atoms with Gasteiger partial charge >= 0.3 is 0 Å². The van der Waals surface area contributed by atoms with E-state index in [2.05, 4.69) is 27.2 Å². The predicted molar refractivity (Wildman–Crippen MR) is 102 cm³/mol. The molecule has 0 amide bonds. The van der Waals surface area contributed by atoms with Crippen LogP contribution in [0.25, 0.3) is 0 Å². The summed E-state index contributed by atoms with van der Waals surface area (Å²) in [5.74, 6) is 2.04. The Morgan fingerprint density at radius 3 is 2.74 bits per heavy atom. The van der Waals surface area contributed by atoms with Crippen LogP contribution in [-0.2, 0) is 6.54 Å². The van der Waals surface area contributed by atoms with Gasteiger partial charge in [0.2, 0.25) is 0 Å². The van der Waals surface area contributed by atoms with E-state index >= 15 is 0 Å². The van der Waals surface area contributed by atoms with Crippen LogP contribution < -0.4 is 5.32 Å². The Balaban J connectivity index is 0.00000192. The molecule has 23 heavy (non-hydrogen) atoms. The SMILES string of the molecule is CCNC(=NCCC1CC1)N1CCN(Cc2ccon2)CC1.I. The first kappa shape index (κ1) is 18.5. The third-order valence-electron chi connectivity index (χ3n) is 4.38. The summed E-state index contributed by atoms with van der Waals surface area (Å²) in [5, 5.41) is 7.43. The first-order chi connectivity index (χ1) is 10.8. The molecule has 0 aromatic carbocycles. The zero-order valence-electron chi connectivity index (χ0n) is 13.9.